The molecule has 1 N–H and O–H groups in total. The van der Waals surface area contributed by atoms with Crippen LogP contribution in [0, 0.1) is 0 Å². The van der Waals surface area contributed by atoms with Crippen molar-refractivity contribution >= 4 is 50.4 Å². The second-order valence-corrected chi connectivity index (χ2v) is 8.01. The summed E-state index contributed by atoms with van der Waals surface area (Å²) >= 11 is 4.63. The van der Waals surface area contributed by atoms with Gasteiger partial charge in [0.05, 0.1) is 19.4 Å². The number of benzene rings is 2. The van der Waals surface area contributed by atoms with Gasteiger partial charge in [-0.1, -0.05) is 39.8 Å². The van der Waals surface area contributed by atoms with E-state index in [0.717, 1.165) is 15.9 Å². The molecule has 0 fully saturated rings. The predicted molar refractivity (Wildman–Crippen MR) is 125 cm³/mol. The van der Waals surface area contributed by atoms with Crippen LogP contribution in [0.1, 0.15) is 0 Å². The van der Waals surface area contributed by atoms with Gasteiger partial charge in [0.1, 0.15) is 18.0 Å². The number of ether oxygens (including phenoxy) is 2. The highest BCUT2D eigenvalue weighted by molar-refractivity contribution is 9.10. The van der Waals surface area contributed by atoms with Crippen LogP contribution in [0.25, 0.3) is 0 Å². The Morgan fingerprint density at radius 2 is 2.07 bits per heavy atom. The van der Waals surface area contributed by atoms with E-state index in [4.69, 9.17) is 9.47 Å². The summed E-state index contributed by atoms with van der Waals surface area (Å²) in [5.74, 6) is 1.91. The molecule has 1 heterocycles. The van der Waals surface area contributed by atoms with Gasteiger partial charge >= 0.3 is 0 Å². The lowest BCUT2D eigenvalue weighted by atomic mass is 10.3. The number of hydrazone groups is 1. The van der Waals surface area contributed by atoms with Gasteiger partial charge < -0.3 is 14.8 Å². The molecule has 1 aliphatic rings. The van der Waals surface area contributed by atoms with Gasteiger partial charge in [0, 0.05) is 10.2 Å². The van der Waals surface area contributed by atoms with Crippen molar-refractivity contribution in [1.82, 2.24) is 5.01 Å². The van der Waals surface area contributed by atoms with Gasteiger partial charge in [-0.25, -0.2) is 0 Å². The van der Waals surface area contributed by atoms with Crippen molar-refractivity contribution in [1.29, 1.82) is 0 Å². The largest absolute Gasteiger partial charge is 0.497 e. The molecule has 0 bridgehead atoms. The maximum Gasteiger partial charge on any atom is 0.234 e. The fourth-order valence-corrected chi connectivity index (χ4v) is 3.59. The number of hydrogen-bond acceptors (Lipinski definition) is 7. The number of thioether (sulfide) groups is 1. The van der Waals surface area contributed by atoms with Crippen LogP contribution in [-0.2, 0) is 4.79 Å². The summed E-state index contributed by atoms with van der Waals surface area (Å²) in [6.07, 6.45) is 1.75. The summed E-state index contributed by atoms with van der Waals surface area (Å²) in [6.45, 7) is 4.71. The van der Waals surface area contributed by atoms with E-state index in [-0.39, 0.29) is 11.7 Å². The number of carbonyl (C=O) groups excluding carboxylic acids is 1. The quantitative estimate of drug-likeness (QED) is 0.585. The maximum atomic E-state index is 12.3. The monoisotopic (exact) mass is 488 g/mol. The first-order chi connectivity index (χ1) is 14.6. The Labute approximate surface area is 188 Å². The molecule has 0 radical (unpaired) electrons. The van der Waals surface area contributed by atoms with Crippen LogP contribution < -0.4 is 14.8 Å². The highest BCUT2D eigenvalue weighted by Crippen LogP contribution is 2.20. The van der Waals surface area contributed by atoms with E-state index < -0.39 is 0 Å². The van der Waals surface area contributed by atoms with Gasteiger partial charge in [-0.2, -0.15) is 4.99 Å². The van der Waals surface area contributed by atoms with Crippen LogP contribution in [0.15, 0.2) is 75.8 Å². The average Bonchev–Trinajstić information content (AvgIpc) is 2.73. The van der Waals surface area contributed by atoms with Crippen molar-refractivity contribution in [3.8, 4) is 11.5 Å². The van der Waals surface area contributed by atoms with E-state index in [2.05, 4.69) is 37.9 Å². The Bertz CT molecular complexity index is 963. The third kappa shape index (κ3) is 6.64. The van der Waals surface area contributed by atoms with Crippen LogP contribution in [0.3, 0.4) is 0 Å². The number of halogens is 1. The van der Waals surface area contributed by atoms with Crippen LogP contribution >= 0.6 is 27.7 Å². The second kappa shape index (κ2) is 10.8. The standard InChI is InChI=1S/C21H21BrN4O3S/c1-3-11-26-13-20(29-18-9-7-17(28-2)8-10-18)24-21(25-26)30-14-19(27)23-16-6-4-5-15(22)12-16/h3-10,12H,1,11,13-14H2,2H3,(H,23,27). The maximum absolute atomic E-state index is 12.3. The zero-order chi connectivity index (χ0) is 21.3. The van der Waals surface area contributed by atoms with Crippen molar-refractivity contribution < 1.29 is 14.3 Å². The molecule has 0 saturated carbocycles. The van der Waals surface area contributed by atoms with E-state index in [0.29, 0.717) is 29.9 Å². The fraction of sp³-hybridized carbons (Fsp3) is 0.190. The van der Waals surface area contributed by atoms with Crippen molar-refractivity contribution in [3.63, 3.8) is 0 Å². The van der Waals surface area contributed by atoms with Gasteiger partial charge in [-0.15, -0.1) is 11.7 Å². The van der Waals surface area contributed by atoms with Crippen molar-refractivity contribution in [2.75, 3.05) is 31.3 Å². The molecule has 1 amide bonds. The first-order valence-electron chi connectivity index (χ1n) is 9.08. The summed E-state index contributed by atoms with van der Waals surface area (Å²) in [5.41, 5.74) is 0.723. The zero-order valence-electron chi connectivity index (χ0n) is 16.4. The lowest BCUT2D eigenvalue weighted by Crippen LogP contribution is -2.33. The number of hydrogen-bond donors (Lipinski definition) is 1. The molecule has 2 aromatic carbocycles. The number of rotatable bonds is 7. The molecule has 0 atom stereocenters. The molecule has 0 aromatic heterocycles. The molecular formula is C21H21BrN4O3S. The van der Waals surface area contributed by atoms with E-state index in [1.165, 1.54) is 11.8 Å². The summed E-state index contributed by atoms with van der Waals surface area (Å²) in [7, 11) is 1.61. The van der Waals surface area contributed by atoms with E-state index in [1.54, 1.807) is 18.2 Å². The first kappa shape index (κ1) is 21.9. The van der Waals surface area contributed by atoms with Crippen molar-refractivity contribution in [2.45, 2.75) is 0 Å². The highest BCUT2D eigenvalue weighted by atomic mass is 79.9. The molecule has 3 rings (SSSR count). The smallest absolute Gasteiger partial charge is 0.234 e. The fourth-order valence-electron chi connectivity index (χ4n) is 2.52. The molecule has 0 spiro atoms. The number of amides is 1. The number of anilines is 1. The number of nitrogens with zero attached hydrogens (tertiary/aromatic N) is 3. The molecule has 1 aliphatic heterocycles. The lowest BCUT2D eigenvalue weighted by molar-refractivity contribution is -0.113. The molecule has 9 heteroatoms. The van der Waals surface area contributed by atoms with Crippen LogP contribution in [0.5, 0.6) is 11.5 Å². The number of nitrogens with one attached hydrogen (secondary N) is 1. The summed E-state index contributed by atoms with van der Waals surface area (Å²) in [5, 5.41) is 9.54. The number of amidine groups is 1. The van der Waals surface area contributed by atoms with Crippen molar-refractivity contribution in [2.24, 2.45) is 10.1 Å². The Balaban J connectivity index is 1.63. The van der Waals surface area contributed by atoms with Crippen molar-refractivity contribution in [3.05, 3.63) is 65.7 Å². The van der Waals surface area contributed by atoms with Crippen LogP contribution in [0.4, 0.5) is 5.69 Å². The minimum Gasteiger partial charge on any atom is -0.497 e. The number of aliphatic imine (C=N–C) groups is 1. The number of methoxy groups -OCH3 is 1. The second-order valence-electron chi connectivity index (χ2n) is 6.15. The summed E-state index contributed by atoms with van der Waals surface area (Å²) in [4.78, 5) is 16.7. The Morgan fingerprint density at radius 3 is 2.77 bits per heavy atom. The topological polar surface area (TPSA) is 75.5 Å². The highest BCUT2D eigenvalue weighted by Gasteiger charge is 2.18. The van der Waals surface area contributed by atoms with Gasteiger partial charge in [0.25, 0.3) is 0 Å². The Morgan fingerprint density at radius 1 is 1.30 bits per heavy atom. The molecule has 2 aromatic rings. The molecule has 0 saturated heterocycles. The average molecular weight is 489 g/mol. The molecule has 30 heavy (non-hydrogen) atoms. The van der Waals surface area contributed by atoms with E-state index in [9.17, 15) is 4.79 Å². The van der Waals surface area contributed by atoms with Gasteiger partial charge in [-0.3, -0.25) is 9.80 Å². The lowest BCUT2D eigenvalue weighted by Gasteiger charge is -2.23. The molecule has 0 aliphatic carbocycles. The normalized spacial score (nSPS) is 13.2. The predicted octanol–water partition coefficient (Wildman–Crippen LogP) is 4.38. The summed E-state index contributed by atoms with van der Waals surface area (Å²) < 4.78 is 12.0. The van der Waals surface area contributed by atoms with Gasteiger partial charge in [0.2, 0.25) is 17.0 Å². The SMILES string of the molecule is C=CCN1CC(Oc2ccc(OC)cc2)=NC(SCC(=O)Nc2cccc(Br)c2)=N1. The van der Waals surface area contributed by atoms with E-state index >= 15 is 0 Å². The molecule has 7 nitrogen and oxygen atoms in total. The van der Waals surface area contributed by atoms with E-state index in [1.807, 2.05) is 48.5 Å². The summed E-state index contributed by atoms with van der Waals surface area (Å²) in [6, 6.07) is 14.7. The molecular weight excluding hydrogens is 468 g/mol. The van der Waals surface area contributed by atoms with Gasteiger partial charge in [-0.05, 0) is 42.5 Å². The Kier molecular flexibility index (Phi) is 7.92. The third-order valence-electron chi connectivity index (χ3n) is 3.84. The number of carbonyl (C=O) groups is 1. The Hall–Kier alpha value is -2.78. The minimum atomic E-state index is -0.144. The first-order valence-corrected chi connectivity index (χ1v) is 10.9. The minimum absolute atomic E-state index is 0.144. The van der Waals surface area contributed by atoms with Gasteiger partial charge in [0.15, 0.2) is 0 Å². The zero-order valence-corrected chi connectivity index (χ0v) is 18.8. The van der Waals surface area contributed by atoms with Crippen LogP contribution in [0.2, 0.25) is 0 Å². The van der Waals surface area contributed by atoms with Crippen LogP contribution in [-0.4, -0.2) is 47.9 Å². The molecule has 0 unspecified atom stereocenters. The molecule has 156 valence electrons. The third-order valence-corrected chi connectivity index (χ3v) is 5.17.